The van der Waals surface area contributed by atoms with Crippen LogP contribution in [0.5, 0.6) is 0 Å². The molecule has 1 atom stereocenters. The molecule has 2 aromatic carbocycles. The van der Waals surface area contributed by atoms with E-state index in [0.29, 0.717) is 5.56 Å². The fourth-order valence-electron chi connectivity index (χ4n) is 2.51. The fourth-order valence-corrected chi connectivity index (χ4v) is 2.51. The lowest BCUT2D eigenvalue weighted by Crippen LogP contribution is -2.37. The van der Waals surface area contributed by atoms with E-state index in [1.54, 1.807) is 24.0 Å². The summed E-state index contributed by atoms with van der Waals surface area (Å²) in [5.74, 6) is -0.0890. The maximum atomic E-state index is 12.8. The number of hydrogen-bond donors (Lipinski definition) is 1. The highest BCUT2D eigenvalue weighted by Gasteiger charge is 2.22. The number of aliphatic hydroxyl groups is 1. The van der Waals surface area contributed by atoms with Crippen molar-refractivity contribution in [3.63, 3.8) is 0 Å². The van der Waals surface area contributed by atoms with Gasteiger partial charge in [0.2, 0.25) is 0 Å². The van der Waals surface area contributed by atoms with E-state index in [1.807, 2.05) is 50.2 Å². The summed E-state index contributed by atoms with van der Waals surface area (Å²) in [6.45, 7) is 5.93. The lowest BCUT2D eigenvalue weighted by atomic mass is 10.1. The molecule has 0 aromatic heterocycles. The first-order valence-electron chi connectivity index (χ1n) is 7.12. The standard InChI is InChI=1S/C18H21NO2/c1-13-8-7-9-14(2)17(13)19(12-15(3)20)18(21)16-10-5-4-6-11-16/h4-11,15,20H,12H2,1-3H3. The Balaban J connectivity index is 2.46. The average molecular weight is 283 g/mol. The Bertz CT molecular complexity index is 600. The molecule has 1 amide bonds. The normalized spacial score (nSPS) is 12.0. The minimum Gasteiger partial charge on any atom is -0.392 e. The van der Waals surface area contributed by atoms with Gasteiger partial charge in [-0.2, -0.15) is 0 Å². The molecule has 0 saturated heterocycles. The van der Waals surface area contributed by atoms with E-state index in [-0.39, 0.29) is 12.5 Å². The zero-order valence-electron chi connectivity index (χ0n) is 12.7. The van der Waals surface area contributed by atoms with Gasteiger partial charge in [-0.25, -0.2) is 0 Å². The van der Waals surface area contributed by atoms with Crippen LogP contribution in [0.4, 0.5) is 5.69 Å². The number of amides is 1. The Hall–Kier alpha value is -2.13. The van der Waals surface area contributed by atoms with E-state index >= 15 is 0 Å². The van der Waals surface area contributed by atoms with Gasteiger partial charge in [0.25, 0.3) is 5.91 Å². The number of rotatable bonds is 4. The van der Waals surface area contributed by atoms with Gasteiger partial charge in [-0.05, 0) is 44.0 Å². The molecule has 21 heavy (non-hydrogen) atoms. The summed E-state index contributed by atoms with van der Waals surface area (Å²) in [5.41, 5.74) is 3.56. The van der Waals surface area contributed by atoms with Crippen LogP contribution in [0.25, 0.3) is 0 Å². The third-order valence-corrected chi connectivity index (χ3v) is 3.42. The van der Waals surface area contributed by atoms with Crippen molar-refractivity contribution in [2.24, 2.45) is 0 Å². The van der Waals surface area contributed by atoms with Crippen molar-refractivity contribution in [1.29, 1.82) is 0 Å². The Kier molecular flexibility index (Phi) is 4.76. The first-order chi connectivity index (χ1) is 10.0. The molecule has 3 heteroatoms. The minimum absolute atomic E-state index is 0.0890. The van der Waals surface area contributed by atoms with Crippen LogP contribution in [-0.4, -0.2) is 23.7 Å². The Morgan fingerprint density at radius 3 is 2.14 bits per heavy atom. The van der Waals surface area contributed by atoms with E-state index in [1.165, 1.54) is 0 Å². The summed E-state index contributed by atoms with van der Waals surface area (Å²) in [4.78, 5) is 14.5. The van der Waals surface area contributed by atoms with Crippen molar-refractivity contribution in [2.75, 3.05) is 11.4 Å². The van der Waals surface area contributed by atoms with Crippen LogP contribution in [0.1, 0.15) is 28.4 Å². The third-order valence-electron chi connectivity index (χ3n) is 3.42. The maximum absolute atomic E-state index is 12.8. The van der Waals surface area contributed by atoms with Gasteiger partial charge in [0, 0.05) is 11.3 Å². The van der Waals surface area contributed by atoms with Gasteiger partial charge in [0.15, 0.2) is 0 Å². The molecule has 110 valence electrons. The van der Waals surface area contributed by atoms with Crippen molar-refractivity contribution < 1.29 is 9.90 Å². The highest BCUT2D eigenvalue weighted by molar-refractivity contribution is 6.06. The molecule has 0 spiro atoms. The number of carbonyl (C=O) groups is 1. The molecule has 0 aliphatic carbocycles. The number of aliphatic hydroxyl groups excluding tert-OH is 1. The molecule has 1 unspecified atom stereocenters. The Labute approximate surface area is 125 Å². The van der Waals surface area contributed by atoms with Crippen molar-refractivity contribution in [3.05, 3.63) is 65.2 Å². The molecule has 2 rings (SSSR count). The number of hydrogen-bond acceptors (Lipinski definition) is 2. The average Bonchev–Trinajstić information content (AvgIpc) is 2.46. The van der Waals surface area contributed by atoms with E-state index in [0.717, 1.165) is 16.8 Å². The quantitative estimate of drug-likeness (QED) is 0.935. The second-order valence-electron chi connectivity index (χ2n) is 5.37. The van der Waals surface area contributed by atoms with E-state index < -0.39 is 6.10 Å². The summed E-state index contributed by atoms with van der Waals surface area (Å²) in [7, 11) is 0. The van der Waals surface area contributed by atoms with Gasteiger partial charge in [0.1, 0.15) is 0 Å². The summed E-state index contributed by atoms with van der Waals surface area (Å²) < 4.78 is 0. The summed E-state index contributed by atoms with van der Waals surface area (Å²) in [6, 6.07) is 15.1. The second-order valence-corrected chi connectivity index (χ2v) is 5.37. The molecule has 0 fully saturated rings. The van der Waals surface area contributed by atoms with Gasteiger partial charge in [-0.3, -0.25) is 4.79 Å². The van der Waals surface area contributed by atoms with Crippen LogP contribution in [0, 0.1) is 13.8 Å². The highest BCUT2D eigenvalue weighted by Crippen LogP contribution is 2.26. The van der Waals surface area contributed by atoms with Gasteiger partial charge >= 0.3 is 0 Å². The number of carbonyl (C=O) groups excluding carboxylic acids is 1. The predicted octanol–water partition coefficient (Wildman–Crippen LogP) is 3.33. The van der Waals surface area contributed by atoms with Crippen LogP contribution < -0.4 is 4.90 Å². The molecule has 0 bridgehead atoms. The summed E-state index contributed by atoms with van der Waals surface area (Å²) >= 11 is 0. The third kappa shape index (κ3) is 3.50. The van der Waals surface area contributed by atoms with E-state index in [2.05, 4.69) is 0 Å². The molecule has 0 heterocycles. The monoisotopic (exact) mass is 283 g/mol. The highest BCUT2D eigenvalue weighted by atomic mass is 16.3. The molecule has 0 aliphatic rings. The number of para-hydroxylation sites is 1. The van der Waals surface area contributed by atoms with Gasteiger partial charge in [0.05, 0.1) is 12.6 Å². The zero-order valence-corrected chi connectivity index (χ0v) is 12.7. The summed E-state index contributed by atoms with van der Waals surface area (Å²) in [5, 5.41) is 9.77. The van der Waals surface area contributed by atoms with Crippen LogP contribution in [0.2, 0.25) is 0 Å². The van der Waals surface area contributed by atoms with Crippen molar-refractivity contribution in [2.45, 2.75) is 26.9 Å². The molecule has 0 aliphatic heterocycles. The topological polar surface area (TPSA) is 40.5 Å². The van der Waals surface area contributed by atoms with Crippen LogP contribution >= 0.6 is 0 Å². The first kappa shape index (κ1) is 15.3. The molecule has 0 saturated carbocycles. The lowest BCUT2D eigenvalue weighted by Gasteiger charge is -2.27. The van der Waals surface area contributed by atoms with E-state index in [9.17, 15) is 9.90 Å². The number of anilines is 1. The van der Waals surface area contributed by atoms with Gasteiger partial charge in [-0.15, -0.1) is 0 Å². The van der Waals surface area contributed by atoms with Crippen LogP contribution in [0.15, 0.2) is 48.5 Å². The second kappa shape index (κ2) is 6.55. The SMILES string of the molecule is Cc1cccc(C)c1N(CC(C)O)C(=O)c1ccccc1. The minimum atomic E-state index is -0.586. The molecule has 2 aromatic rings. The van der Waals surface area contributed by atoms with Crippen molar-refractivity contribution in [3.8, 4) is 0 Å². The molecule has 3 nitrogen and oxygen atoms in total. The molecule has 1 N–H and O–H groups in total. The zero-order chi connectivity index (χ0) is 15.4. The summed E-state index contributed by atoms with van der Waals surface area (Å²) in [6.07, 6.45) is -0.586. The van der Waals surface area contributed by atoms with E-state index in [4.69, 9.17) is 0 Å². The largest absolute Gasteiger partial charge is 0.392 e. The van der Waals surface area contributed by atoms with Crippen molar-refractivity contribution >= 4 is 11.6 Å². The first-order valence-corrected chi connectivity index (χ1v) is 7.12. The van der Waals surface area contributed by atoms with Crippen molar-refractivity contribution in [1.82, 2.24) is 0 Å². The van der Waals surface area contributed by atoms with Gasteiger partial charge in [-0.1, -0.05) is 36.4 Å². The van der Waals surface area contributed by atoms with Gasteiger partial charge < -0.3 is 10.0 Å². The molecular formula is C18H21NO2. The smallest absolute Gasteiger partial charge is 0.258 e. The molecular weight excluding hydrogens is 262 g/mol. The Morgan fingerprint density at radius 2 is 1.62 bits per heavy atom. The number of aryl methyl sites for hydroxylation is 2. The lowest BCUT2D eigenvalue weighted by molar-refractivity contribution is 0.0967. The van der Waals surface area contributed by atoms with Crippen LogP contribution in [0.3, 0.4) is 0 Å². The predicted molar refractivity (Wildman–Crippen MR) is 85.7 cm³/mol. The van der Waals surface area contributed by atoms with Crippen LogP contribution in [-0.2, 0) is 0 Å². The fraction of sp³-hybridized carbons (Fsp3) is 0.278. The Morgan fingerprint density at radius 1 is 1.05 bits per heavy atom. The maximum Gasteiger partial charge on any atom is 0.258 e. The molecule has 0 radical (unpaired) electrons. The number of benzene rings is 2. The number of nitrogens with zero attached hydrogens (tertiary/aromatic N) is 1.